The second-order valence-corrected chi connectivity index (χ2v) is 5.37. The molecule has 0 spiro atoms. The quantitative estimate of drug-likeness (QED) is 0.886. The summed E-state index contributed by atoms with van der Waals surface area (Å²) < 4.78 is 2.08. The standard InChI is InChI=1S/C13H17N5O2/c1-8(13(19)20)5-17(2)11-10-12(15-6-14-11)18(7-16-10)9-3-4-9/h6-9H,3-5H2,1-2H3,(H,19,20). The van der Waals surface area contributed by atoms with Crippen LogP contribution in [0.25, 0.3) is 11.2 Å². The SMILES string of the molecule is CC(CN(C)c1ncnc2c1ncn2C1CC1)C(=O)O. The van der Waals surface area contributed by atoms with Crippen LogP contribution in [-0.4, -0.2) is 44.2 Å². The Hall–Kier alpha value is -2.18. The van der Waals surface area contributed by atoms with E-state index in [1.54, 1.807) is 13.3 Å². The van der Waals surface area contributed by atoms with Crippen molar-refractivity contribution in [2.75, 3.05) is 18.5 Å². The largest absolute Gasteiger partial charge is 0.481 e. The zero-order valence-corrected chi connectivity index (χ0v) is 11.5. The van der Waals surface area contributed by atoms with Crippen LogP contribution in [0.15, 0.2) is 12.7 Å². The number of nitrogens with zero attached hydrogens (tertiary/aromatic N) is 5. The molecule has 106 valence electrons. The van der Waals surface area contributed by atoms with E-state index in [1.807, 2.05) is 11.9 Å². The average molecular weight is 275 g/mol. The molecule has 2 aromatic rings. The second-order valence-electron chi connectivity index (χ2n) is 5.37. The first-order chi connectivity index (χ1) is 9.58. The number of aliphatic carboxylic acids is 1. The molecule has 2 aromatic heterocycles. The zero-order valence-electron chi connectivity index (χ0n) is 11.5. The molecule has 7 heteroatoms. The first-order valence-electron chi connectivity index (χ1n) is 6.69. The Morgan fingerprint density at radius 3 is 2.90 bits per heavy atom. The van der Waals surface area contributed by atoms with Gasteiger partial charge in [0.2, 0.25) is 0 Å². The fourth-order valence-corrected chi connectivity index (χ4v) is 2.31. The van der Waals surface area contributed by atoms with E-state index in [0.717, 1.165) is 24.0 Å². The second kappa shape index (κ2) is 4.73. The lowest BCUT2D eigenvalue weighted by Crippen LogP contribution is -2.29. The summed E-state index contributed by atoms with van der Waals surface area (Å²) in [6, 6.07) is 0.506. The van der Waals surface area contributed by atoms with Crippen LogP contribution in [0.1, 0.15) is 25.8 Å². The highest BCUT2D eigenvalue weighted by molar-refractivity contribution is 5.83. The number of hydrogen-bond donors (Lipinski definition) is 1. The third-order valence-corrected chi connectivity index (χ3v) is 3.61. The molecule has 7 nitrogen and oxygen atoms in total. The van der Waals surface area contributed by atoms with Crippen LogP contribution in [0.5, 0.6) is 0 Å². The molecule has 0 radical (unpaired) electrons. The van der Waals surface area contributed by atoms with Crippen molar-refractivity contribution in [2.45, 2.75) is 25.8 Å². The highest BCUT2D eigenvalue weighted by atomic mass is 16.4. The van der Waals surface area contributed by atoms with Crippen LogP contribution in [0.4, 0.5) is 5.82 Å². The maximum Gasteiger partial charge on any atom is 0.308 e. The summed E-state index contributed by atoms with van der Waals surface area (Å²) in [6.07, 6.45) is 5.64. The Morgan fingerprint density at radius 1 is 1.50 bits per heavy atom. The molecule has 2 heterocycles. The van der Waals surface area contributed by atoms with Gasteiger partial charge in [-0.05, 0) is 12.8 Å². The van der Waals surface area contributed by atoms with Crippen molar-refractivity contribution < 1.29 is 9.90 Å². The van der Waals surface area contributed by atoms with E-state index >= 15 is 0 Å². The Kier molecular flexibility index (Phi) is 3.04. The monoisotopic (exact) mass is 275 g/mol. The molecule has 0 bridgehead atoms. The summed E-state index contributed by atoms with van der Waals surface area (Å²) >= 11 is 0. The zero-order chi connectivity index (χ0) is 14.3. The fraction of sp³-hybridized carbons (Fsp3) is 0.538. The van der Waals surface area contributed by atoms with Gasteiger partial charge in [0.1, 0.15) is 6.33 Å². The lowest BCUT2D eigenvalue weighted by Gasteiger charge is -2.20. The minimum Gasteiger partial charge on any atom is -0.481 e. The molecule has 1 aliphatic carbocycles. The van der Waals surface area contributed by atoms with E-state index in [0.29, 0.717) is 18.4 Å². The normalized spacial score (nSPS) is 16.3. The van der Waals surface area contributed by atoms with E-state index in [1.165, 1.54) is 6.33 Å². The van der Waals surface area contributed by atoms with Crippen molar-refractivity contribution in [3.05, 3.63) is 12.7 Å². The summed E-state index contributed by atoms with van der Waals surface area (Å²) in [5.41, 5.74) is 1.56. The van der Waals surface area contributed by atoms with Gasteiger partial charge in [0.05, 0.1) is 12.2 Å². The number of carboxylic acids is 1. The lowest BCUT2D eigenvalue weighted by atomic mass is 10.2. The van der Waals surface area contributed by atoms with E-state index in [-0.39, 0.29) is 0 Å². The van der Waals surface area contributed by atoms with Crippen LogP contribution in [0, 0.1) is 5.92 Å². The van der Waals surface area contributed by atoms with Crippen LogP contribution in [0.2, 0.25) is 0 Å². The minimum atomic E-state index is -0.814. The van der Waals surface area contributed by atoms with E-state index in [2.05, 4.69) is 19.5 Å². The molecular formula is C13H17N5O2. The number of aromatic nitrogens is 4. The van der Waals surface area contributed by atoms with Gasteiger partial charge in [-0.1, -0.05) is 6.92 Å². The maximum absolute atomic E-state index is 11.0. The minimum absolute atomic E-state index is 0.387. The average Bonchev–Trinajstić information content (AvgIpc) is 3.17. The molecule has 0 aromatic carbocycles. The molecule has 0 aliphatic heterocycles. The summed E-state index contributed by atoms with van der Waals surface area (Å²) in [7, 11) is 1.83. The summed E-state index contributed by atoms with van der Waals surface area (Å²) in [6.45, 7) is 2.07. The Bertz CT molecular complexity index is 649. The number of fused-ring (bicyclic) bond motifs is 1. The Balaban J connectivity index is 1.93. The lowest BCUT2D eigenvalue weighted by molar-refractivity contribution is -0.140. The number of rotatable bonds is 5. The van der Waals surface area contributed by atoms with Gasteiger partial charge in [0.15, 0.2) is 17.0 Å². The van der Waals surface area contributed by atoms with E-state index < -0.39 is 11.9 Å². The highest BCUT2D eigenvalue weighted by Gasteiger charge is 2.27. The number of carboxylic acid groups (broad SMARTS) is 1. The molecule has 1 saturated carbocycles. The molecular weight excluding hydrogens is 258 g/mol. The van der Waals surface area contributed by atoms with Crippen LogP contribution in [-0.2, 0) is 4.79 Å². The highest BCUT2D eigenvalue weighted by Crippen LogP contribution is 2.37. The first kappa shape index (κ1) is 12.8. The first-order valence-corrected chi connectivity index (χ1v) is 6.69. The molecule has 0 saturated heterocycles. The predicted octanol–water partition coefficient (Wildman–Crippen LogP) is 1.32. The van der Waals surface area contributed by atoms with Crippen LogP contribution in [0.3, 0.4) is 0 Å². The van der Waals surface area contributed by atoms with Crippen molar-refractivity contribution in [3.63, 3.8) is 0 Å². The van der Waals surface area contributed by atoms with Gasteiger partial charge in [-0.2, -0.15) is 0 Å². The number of hydrogen-bond acceptors (Lipinski definition) is 5. The Labute approximate surface area is 116 Å². The van der Waals surface area contributed by atoms with Crippen molar-refractivity contribution >= 4 is 23.0 Å². The van der Waals surface area contributed by atoms with Gasteiger partial charge in [0, 0.05) is 19.6 Å². The Morgan fingerprint density at radius 2 is 2.25 bits per heavy atom. The van der Waals surface area contributed by atoms with Crippen LogP contribution >= 0.6 is 0 Å². The van der Waals surface area contributed by atoms with Crippen molar-refractivity contribution in [1.82, 2.24) is 19.5 Å². The summed E-state index contributed by atoms with van der Waals surface area (Å²) in [5, 5.41) is 9.00. The topological polar surface area (TPSA) is 84.1 Å². The van der Waals surface area contributed by atoms with Crippen molar-refractivity contribution in [3.8, 4) is 0 Å². The van der Waals surface area contributed by atoms with Gasteiger partial charge in [-0.3, -0.25) is 4.79 Å². The molecule has 1 atom stereocenters. The smallest absolute Gasteiger partial charge is 0.308 e. The number of carbonyl (C=O) groups is 1. The molecule has 1 N–H and O–H groups in total. The van der Waals surface area contributed by atoms with Crippen molar-refractivity contribution in [1.29, 1.82) is 0 Å². The van der Waals surface area contributed by atoms with Gasteiger partial charge < -0.3 is 14.6 Å². The van der Waals surface area contributed by atoms with E-state index in [4.69, 9.17) is 5.11 Å². The molecule has 1 aliphatic rings. The molecule has 1 unspecified atom stereocenters. The molecule has 3 rings (SSSR count). The summed E-state index contributed by atoms with van der Waals surface area (Å²) in [5.74, 6) is -0.594. The number of imidazole rings is 1. The third kappa shape index (κ3) is 2.19. The van der Waals surface area contributed by atoms with Crippen LogP contribution < -0.4 is 4.90 Å². The molecule has 20 heavy (non-hydrogen) atoms. The molecule has 0 amide bonds. The predicted molar refractivity (Wildman–Crippen MR) is 73.7 cm³/mol. The molecule has 1 fully saturated rings. The maximum atomic E-state index is 11.0. The van der Waals surface area contributed by atoms with Gasteiger partial charge in [0.25, 0.3) is 0 Å². The van der Waals surface area contributed by atoms with Crippen molar-refractivity contribution in [2.24, 2.45) is 5.92 Å². The third-order valence-electron chi connectivity index (χ3n) is 3.61. The fourth-order valence-electron chi connectivity index (χ4n) is 2.31. The van der Waals surface area contributed by atoms with Gasteiger partial charge >= 0.3 is 5.97 Å². The van der Waals surface area contributed by atoms with E-state index in [9.17, 15) is 4.79 Å². The number of anilines is 1. The summed E-state index contributed by atoms with van der Waals surface area (Å²) in [4.78, 5) is 25.7. The van der Waals surface area contributed by atoms with Gasteiger partial charge in [-0.25, -0.2) is 15.0 Å². The van der Waals surface area contributed by atoms with Gasteiger partial charge in [-0.15, -0.1) is 0 Å².